The molecule has 0 atom stereocenters. The highest BCUT2D eigenvalue weighted by Crippen LogP contribution is 2.21. The summed E-state index contributed by atoms with van der Waals surface area (Å²) in [4.78, 5) is 8.68. The SMILES string of the molecule is CCNc1cc(NCCc2ccc(Cl)cc2Cl)nc(C)n1. The average Bonchev–Trinajstić information content (AvgIpc) is 2.41. The summed E-state index contributed by atoms with van der Waals surface area (Å²) >= 11 is 12.0. The Morgan fingerprint density at radius 2 is 1.76 bits per heavy atom. The third kappa shape index (κ3) is 4.76. The van der Waals surface area contributed by atoms with Crippen LogP contribution in [0, 0.1) is 6.92 Å². The molecule has 4 nitrogen and oxygen atoms in total. The summed E-state index contributed by atoms with van der Waals surface area (Å²) in [7, 11) is 0. The Labute approximate surface area is 134 Å². The number of halogens is 2. The molecule has 2 rings (SSSR count). The Hall–Kier alpha value is -1.52. The minimum atomic E-state index is 0.651. The molecule has 1 heterocycles. The van der Waals surface area contributed by atoms with Gasteiger partial charge in [-0.2, -0.15) is 0 Å². The lowest BCUT2D eigenvalue weighted by Crippen LogP contribution is -2.09. The zero-order valence-electron chi connectivity index (χ0n) is 12.1. The Kier molecular flexibility index (Phi) is 5.65. The average molecular weight is 325 g/mol. The molecule has 112 valence electrons. The lowest BCUT2D eigenvalue weighted by Gasteiger charge is -2.10. The fourth-order valence-corrected chi connectivity index (χ4v) is 2.48. The highest BCUT2D eigenvalue weighted by molar-refractivity contribution is 6.35. The van der Waals surface area contributed by atoms with E-state index in [1.165, 1.54) is 0 Å². The lowest BCUT2D eigenvalue weighted by atomic mass is 10.1. The second-order valence-corrected chi connectivity index (χ2v) is 5.47. The maximum atomic E-state index is 6.16. The van der Waals surface area contributed by atoms with Gasteiger partial charge in [0.05, 0.1) is 0 Å². The monoisotopic (exact) mass is 324 g/mol. The zero-order chi connectivity index (χ0) is 15.2. The van der Waals surface area contributed by atoms with Crippen LogP contribution in [0.1, 0.15) is 18.3 Å². The molecular formula is C15H18Cl2N4. The van der Waals surface area contributed by atoms with Crippen LogP contribution < -0.4 is 10.6 Å². The third-order valence-corrected chi connectivity index (χ3v) is 3.50. The van der Waals surface area contributed by atoms with Crippen molar-refractivity contribution in [1.29, 1.82) is 0 Å². The predicted molar refractivity (Wildman–Crippen MR) is 89.6 cm³/mol. The van der Waals surface area contributed by atoms with Gasteiger partial charge in [-0.1, -0.05) is 29.3 Å². The van der Waals surface area contributed by atoms with Gasteiger partial charge in [-0.05, 0) is 38.0 Å². The van der Waals surface area contributed by atoms with Crippen molar-refractivity contribution in [3.63, 3.8) is 0 Å². The first-order chi connectivity index (χ1) is 10.1. The normalized spacial score (nSPS) is 10.5. The molecule has 1 aromatic heterocycles. The first-order valence-electron chi connectivity index (χ1n) is 6.86. The minimum Gasteiger partial charge on any atom is -0.370 e. The Bertz CT molecular complexity index is 617. The maximum absolute atomic E-state index is 6.16. The van der Waals surface area contributed by atoms with Gasteiger partial charge in [0.1, 0.15) is 17.5 Å². The number of aryl methyl sites for hydroxylation is 1. The second kappa shape index (κ2) is 7.48. The van der Waals surface area contributed by atoms with Crippen LogP contribution in [0.3, 0.4) is 0 Å². The first kappa shape index (κ1) is 15.9. The van der Waals surface area contributed by atoms with E-state index in [1.54, 1.807) is 6.07 Å². The van der Waals surface area contributed by atoms with E-state index < -0.39 is 0 Å². The number of benzene rings is 1. The molecule has 0 aliphatic heterocycles. The zero-order valence-corrected chi connectivity index (χ0v) is 13.6. The van der Waals surface area contributed by atoms with E-state index in [0.717, 1.165) is 42.5 Å². The summed E-state index contributed by atoms with van der Waals surface area (Å²) in [5.41, 5.74) is 1.06. The molecule has 2 aromatic rings. The molecule has 21 heavy (non-hydrogen) atoms. The molecule has 0 aliphatic rings. The van der Waals surface area contributed by atoms with E-state index in [2.05, 4.69) is 20.6 Å². The third-order valence-electron chi connectivity index (χ3n) is 2.91. The van der Waals surface area contributed by atoms with Gasteiger partial charge in [0.25, 0.3) is 0 Å². The van der Waals surface area contributed by atoms with Gasteiger partial charge in [-0.3, -0.25) is 0 Å². The van der Waals surface area contributed by atoms with E-state index in [-0.39, 0.29) is 0 Å². The molecule has 0 amide bonds. The maximum Gasteiger partial charge on any atom is 0.131 e. The fraction of sp³-hybridized carbons (Fsp3) is 0.333. The number of aromatic nitrogens is 2. The summed E-state index contributed by atoms with van der Waals surface area (Å²) in [5, 5.41) is 7.82. The van der Waals surface area contributed by atoms with Crippen LogP contribution in [0.2, 0.25) is 10.0 Å². The highest BCUT2D eigenvalue weighted by atomic mass is 35.5. The van der Waals surface area contributed by atoms with Gasteiger partial charge < -0.3 is 10.6 Å². The molecular weight excluding hydrogens is 307 g/mol. The Balaban J connectivity index is 1.96. The fourth-order valence-electron chi connectivity index (χ4n) is 1.98. The quantitative estimate of drug-likeness (QED) is 0.836. The van der Waals surface area contributed by atoms with E-state index in [9.17, 15) is 0 Å². The van der Waals surface area contributed by atoms with Crippen LogP contribution in [-0.2, 0) is 6.42 Å². The van der Waals surface area contributed by atoms with E-state index >= 15 is 0 Å². The number of hydrogen-bond donors (Lipinski definition) is 2. The van der Waals surface area contributed by atoms with Crippen LogP contribution >= 0.6 is 23.2 Å². The number of nitrogens with one attached hydrogen (secondary N) is 2. The smallest absolute Gasteiger partial charge is 0.131 e. The van der Waals surface area contributed by atoms with Crippen LogP contribution in [0.25, 0.3) is 0 Å². The van der Waals surface area contributed by atoms with Crippen molar-refractivity contribution in [3.05, 3.63) is 45.7 Å². The number of hydrogen-bond acceptors (Lipinski definition) is 4. The number of anilines is 2. The molecule has 0 unspecified atom stereocenters. The molecule has 0 saturated carbocycles. The molecule has 0 spiro atoms. The standard InChI is InChI=1S/C15H18Cl2N4/c1-3-18-14-9-15(21-10(2)20-14)19-7-6-11-4-5-12(16)8-13(11)17/h4-5,8-9H,3,6-7H2,1-2H3,(H2,18,19,20,21). The molecule has 0 fully saturated rings. The summed E-state index contributed by atoms with van der Waals surface area (Å²) in [6.45, 7) is 5.48. The van der Waals surface area contributed by atoms with Crippen molar-refractivity contribution >= 4 is 34.8 Å². The molecule has 1 aromatic carbocycles. The molecule has 0 saturated heterocycles. The predicted octanol–water partition coefficient (Wildman–Crippen LogP) is 4.18. The van der Waals surface area contributed by atoms with Gasteiger partial charge in [0.2, 0.25) is 0 Å². The van der Waals surface area contributed by atoms with Crippen molar-refractivity contribution in [2.24, 2.45) is 0 Å². The summed E-state index contributed by atoms with van der Waals surface area (Å²) in [6.07, 6.45) is 0.801. The van der Waals surface area contributed by atoms with Crippen LogP contribution in [0.15, 0.2) is 24.3 Å². The molecule has 0 bridgehead atoms. The Morgan fingerprint density at radius 1 is 1.05 bits per heavy atom. The number of rotatable bonds is 6. The largest absolute Gasteiger partial charge is 0.370 e. The lowest BCUT2D eigenvalue weighted by molar-refractivity contribution is 0.978. The van der Waals surface area contributed by atoms with Gasteiger partial charge in [0, 0.05) is 29.2 Å². The molecule has 0 radical (unpaired) electrons. The van der Waals surface area contributed by atoms with Gasteiger partial charge in [0.15, 0.2) is 0 Å². The van der Waals surface area contributed by atoms with Crippen LogP contribution in [-0.4, -0.2) is 23.1 Å². The molecule has 6 heteroatoms. The van der Waals surface area contributed by atoms with Crippen LogP contribution in [0.5, 0.6) is 0 Å². The molecule has 2 N–H and O–H groups in total. The van der Waals surface area contributed by atoms with Crippen molar-refractivity contribution in [3.8, 4) is 0 Å². The number of nitrogens with zero attached hydrogens (tertiary/aromatic N) is 2. The van der Waals surface area contributed by atoms with E-state index in [1.807, 2.05) is 32.0 Å². The summed E-state index contributed by atoms with van der Waals surface area (Å²) in [6, 6.07) is 7.46. The van der Waals surface area contributed by atoms with E-state index in [4.69, 9.17) is 23.2 Å². The second-order valence-electron chi connectivity index (χ2n) is 4.63. The topological polar surface area (TPSA) is 49.8 Å². The molecule has 0 aliphatic carbocycles. The highest BCUT2D eigenvalue weighted by Gasteiger charge is 2.03. The van der Waals surface area contributed by atoms with E-state index in [0.29, 0.717) is 10.0 Å². The first-order valence-corrected chi connectivity index (χ1v) is 7.61. The minimum absolute atomic E-state index is 0.651. The summed E-state index contributed by atoms with van der Waals surface area (Å²) in [5.74, 6) is 2.38. The van der Waals surface area contributed by atoms with Gasteiger partial charge >= 0.3 is 0 Å². The van der Waals surface area contributed by atoms with Crippen molar-refractivity contribution < 1.29 is 0 Å². The Morgan fingerprint density at radius 3 is 2.43 bits per heavy atom. The van der Waals surface area contributed by atoms with Crippen molar-refractivity contribution in [1.82, 2.24) is 9.97 Å². The van der Waals surface area contributed by atoms with Crippen molar-refractivity contribution in [2.45, 2.75) is 20.3 Å². The van der Waals surface area contributed by atoms with Gasteiger partial charge in [-0.25, -0.2) is 9.97 Å². The van der Waals surface area contributed by atoms with Crippen LogP contribution in [0.4, 0.5) is 11.6 Å². The summed E-state index contributed by atoms with van der Waals surface area (Å²) < 4.78 is 0. The van der Waals surface area contributed by atoms with Crippen molar-refractivity contribution in [2.75, 3.05) is 23.7 Å². The van der Waals surface area contributed by atoms with Gasteiger partial charge in [-0.15, -0.1) is 0 Å².